The minimum Gasteiger partial charge on any atom is -0.465 e. The number of ether oxygens (including phenoxy) is 1. The van der Waals surface area contributed by atoms with Crippen LogP contribution in [0, 0.1) is 0 Å². The van der Waals surface area contributed by atoms with Gasteiger partial charge < -0.3 is 15.0 Å². The lowest BCUT2D eigenvalue weighted by atomic mass is 9.99. The highest BCUT2D eigenvalue weighted by molar-refractivity contribution is 6.43. The van der Waals surface area contributed by atoms with Gasteiger partial charge in [-0.2, -0.15) is 0 Å². The summed E-state index contributed by atoms with van der Waals surface area (Å²) in [5, 5.41) is 4.80. The van der Waals surface area contributed by atoms with Gasteiger partial charge in [0.2, 0.25) is 0 Å². The molecule has 0 unspecified atom stereocenters. The fourth-order valence-electron chi connectivity index (χ4n) is 4.74. The average molecular weight is 534 g/mol. The second-order valence-electron chi connectivity index (χ2n) is 8.97. The summed E-state index contributed by atoms with van der Waals surface area (Å²) in [5.41, 5.74) is 4.79. The molecule has 4 aromatic rings. The molecule has 8 heteroatoms. The van der Waals surface area contributed by atoms with Crippen LogP contribution in [-0.2, 0) is 4.74 Å². The lowest BCUT2D eigenvalue weighted by molar-refractivity contribution is 0.0600. The molecule has 1 saturated heterocycles. The summed E-state index contributed by atoms with van der Waals surface area (Å²) in [6, 6.07) is 20.7. The number of hydrogen-bond donors (Lipinski definition) is 1. The number of pyridine rings is 1. The number of aromatic nitrogens is 1. The highest BCUT2D eigenvalue weighted by Crippen LogP contribution is 2.32. The maximum absolute atomic E-state index is 12.7. The van der Waals surface area contributed by atoms with E-state index in [0.29, 0.717) is 16.1 Å². The van der Waals surface area contributed by atoms with Crippen molar-refractivity contribution in [2.24, 2.45) is 0 Å². The molecule has 3 aromatic carbocycles. The molecule has 1 aliphatic heterocycles. The van der Waals surface area contributed by atoms with Gasteiger partial charge in [0.15, 0.2) is 0 Å². The van der Waals surface area contributed by atoms with E-state index >= 15 is 0 Å². The van der Waals surface area contributed by atoms with Gasteiger partial charge in [-0.3, -0.25) is 9.78 Å². The van der Waals surface area contributed by atoms with E-state index in [2.05, 4.69) is 21.3 Å². The van der Waals surface area contributed by atoms with Crippen LogP contribution in [0.25, 0.3) is 22.0 Å². The van der Waals surface area contributed by atoms with Crippen LogP contribution in [0.15, 0.2) is 72.9 Å². The van der Waals surface area contributed by atoms with Crippen molar-refractivity contribution in [2.45, 2.75) is 18.9 Å². The molecule has 0 spiro atoms. The van der Waals surface area contributed by atoms with Gasteiger partial charge in [-0.05, 0) is 60.4 Å². The van der Waals surface area contributed by atoms with Crippen LogP contribution in [0.1, 0.15) is 33.6 Å². The van der Waals surface area contributed by atoms with Gasteiger partial charge >= 0.3 is 5.97 Å². The predicted molar refractivity (Wildman–Crippen MR) is 148 cm³/mol. The number of nitrogens with zero attached hydrogens (tertiary/aromatic N) is 2. The Kier molecular flexibility index (Phi) is 7.31. The van der Waals surface area contributed by atoms with Crippen molar-refractivity contribution in [3.8, 4) is 11.1 Å². The fourth-order valence-corrected chi connectivity index (χ4v) is 5.13. The highest BCUT2D eigenvalue weighted by atomic mass is 35.5. The molecule has 0 saturated carbocycles. The van der Waals surface area contributed by atoms with Crippen molar-refractivity contribution in [1.82, 2.24) is 10.3 Å². The number of carbonyl (C=O) groups excluding carboxylic acids is 2. The average Bonchev–Trinajstić information content (AvgIpc) is 2.94. The van der Waals surface area contributed by atoms with Gasteiger partial charge in [-0.15, -0.1) is 0 Å². The summed E-state index contributed by atoms with van der Waals surface area (Å²) in [7, 11) is 1.38. The Morgan fingerprint density at radius 2 is 1.73 bits per heavy atom. The van der Waals surface area contributed by atoms with Crippen molar-refractivity contribution >= 4 is 51.7 Å². The molecule has 0 bridgehead atoms. The van der Waals surface area contributed by atoms with Gasteiger partial charge in [-0.1, -0.05) is 53.5 Å². The molecule has 6 nitrogen and oxygen atoms in total. The van der Waals surface area contributed by atoms with Crippen LogP contribution in [0.4, 0.5) is 5.69 Å². The monoisotopic (exact) mass is 533 g/mol. The Hall–Kier alpha value is -3.61. The second kappa shape index (κ2) is 10.8. The molecule has 0 radical (unpaired) electrons. The molecular weight excluding hydrogens is 509 g/mol. The van der Waals surface area contributed by atoms with Gasteiger partial charge in [0.25, 0.3) is 5.91 Å². The minimum atomic E-state index is -0.363. The van der Waals surface area contributed by atoms with Gasteiger partial charge in [0.05, 0.1) is 33.8 Å². The van der Waals surface area contributed by atoms with E-state index in [0.717, 1.165) is 53.6 Å². The summed E-state index contributed by atoms with van der Waals surface area (Å²) in [6.45, 7) is 1.60. The Morgan fingerprint density at radius 1 is 0.973 bits per heavy atom. The Balaban J connectivity index is 1.30. The summed E-state index contributed by atoms with van der Waals surface area (Å²) < 4.78 is 4.85. The van der Waals surface area contributed by atoms with Crippen molar-refractivity contribution < 1.29 is 14.3 Å². The van der Waals surface area contributed by atoms with Gasteiger partial charge in [-0.25, -0.2) is 4.79 Å². The summed E-state index contributed by atoms with van der Waals surface area (Å²) in [6.07, 6.45) is 3.44. The Labute approximate surface area is 225 Å². The summed E-state index contributed by atoms with van der Waals surface area (Å²) >= 11 is 12.3. The first-order chi connectivity index (χ1) is 17.9. The number of methoxy groups -OCH3 is 1. The van der Waals surface area contributed by atoms with Crippen LogP contribution >= 0.6 is 23.2 Å². The molecule has 2 heterocycles. The van der Waals surface area contributed by atoms with E-state index in [1.165, 1.54) is 7.11 Å². The standard InChI is InChI=1S/C29H25Cl2N3O3/c1-37-29(36)20-5-2-4-18(16-20)19-8-9-22-25(17-19)32-13-10-26(22)34-14-11-21(12-15-34)33-28(35)23-6-3-7-24(30)27(23)31/h2-10,13,16-17,21H,11-12,14-15H2,1H3,(H,33,35). The zero-order valence-corrected chi connectivity index (χ0v) is 21.7. The number of rotatable bonds is 5. The number of halogens is 2. The first-order valence-electron chi connectivity index (χ1n) is 12.0. The number of nitrogens with one attached hydrogen (secondary N) is 1. The smallest absolute Gasteiger partial charge is 0.337 e. The number of piperidine rings is 1. The zero-order chi connectivity index (χ0) is 25.9. The van der Waals surface area contributed by atoms with Crippen molar-refractivity contribution in [2.75, 3.05) is 25.1 Å². The lowest BCUT2D eigenvalue weighted by Gasteiger charge is -2.34. The zero-order valence-electron chi connectivity index (χ0n) is 20.2. The van der Waals surface area contributed by atoms with Crippen LogP contribution in [0.2, 0.25) is 10.0 Å². The molecule has 0 atom stereocenters. The molecule has 188 valence electrons. The maximum Gasteiger partial charge on any atom is 0.337 e. The number of carbonyl (C=O) groups is 2. The van der Waals surface area contributed by atoms with Crippen LogP contribution in [-0.4, -0.2) is 43.1 Å². The maximum atomic E-state index is 12.7. The molecule has 1 amide bonds. The number of hydrogen-bond acceptors (Lipinski definition) is 5. The van der Waals surface area contributed by atoms with Crippen LogP contribution in [0.5, 0.6) is 0 Å². The van der Waals surface area contributed by atoms with E-state index < -0.39 is 0 Å². The number of anilines is 1. The molecule has 5 rings (SSSR count). The number of amides is 1. The predicted octanol–water partition coefficient (Wildman–Crippen LogP) is 6.39. The molecular formula is C29H25Cl2N3O3. The van der Waals surface area contributed by atoms with Crippen molar-refractivity contribution in [3.05, 3.63) is 94.1 Å². The van der Waals surface area contributed by atoms with E-state index in [9.17, 15) is 9.59 Å². The van der Waals surface area contributed by atoms with Crippen LogP contribution < -0.4 is 10.2 Å². The Bertz CT molecular complexity index is 1480. The minimum absolute atomic E-state index is 0.0561. The van der Waals surface area contributed by atoms with E-state index in [1.807, 2.05) is 42.6 Å². The van der Waals surface area contributed by atoms with Crippen LogP contribution in [0.3, 0.4) is 0 Å². The van der Waals surface area contributed by atoms with Gasteiger partial charge in [0, 0.05) is 36.4 Å². The highest BCUT2D eigenvalue weighted by Gasteiger charge is 2.23. The molecule has 0 aliphatic carbocycles. The third-order valence-electron chi connectivity index (χ3n) is 6.70. The SMILES string of the molecule is COC(=O)c1cccc(-c2ccc3c(N4CCC(NC(=O)c5cccc(Cl)c5Cl)CC4)ccnc3c2)c1. The van der Waals surface area contributed by atoms with Crippen molar-refractivity contribution in [1.29, 1.82) is 0 Å². The fraction of sp³-hybridized carbons (Fsp3) is 0.207. The Morgan fingerprint density at radius 3 is 2.51 bits per heavy atom. The molecule has 37 heavy (non-hydrogen) atoms. The molecule has 1 aromatic heterocycles. The third kappa shape index (κ3) is 5.26. The topological polar surface area (TPSA) is 71.5 Å². The molecule has 1 aliphatic rings. The van der Waals surface area contributed by atoms with Crippen molar-refractivity contribution in [3.63, 3.8) is 0 Å². The summed E-state index contributed by atoms with van der Waals surface area (Å²) in [5.74, 6) is -0.567. The number of esters is 1. The largest absolute Gasteiger partial charge is 0.465 e. The number of fused-ring (bicyclic) bond motifs is 1. The van der Waals surface area contributed by atoms with E-state index in [1.54, 1.807) is 24.3 Å². The van der Waals surface area contributed by atoms with E-state index in [4.69, 9.17) is 27.9 Å². The lowest BCUT2D eigenvalue weighted by Crippen LogP contribution is -2.44. The van der Waals surface area contributed by atoms with E-state index in [-0.39, 0.29) is 22.9 Å². The normalized spacial score (nSPS) is 14.0. The molecule has 1 N–H and O–H groups in total. The van der Waals surface area contributed by atoms with Gasteiger partial charge in [0.1, 0.15) is 0 Å². The molecule has 1 fully saturated rings. The summed E-state index contributed by atoms with van der Waals surface area (Å²) in [4.78, 5) is 31.6. The number of benzene rings is 3. The first kappa shape index (κ1) is 25.1. The quantitative estimate of drug-likeness (QED) is 0.301. The third-order valence-corrected chi connectivity index (χ3v) is 7.52. The first-order valence-corrected chi connectivity index (χ1v) is 12.8. The second-order valence-corrected chi connectivity index (χ2v) is 9.76.